The van der Waals surface area contributed by atoms with Gasteiger partial charge in [0, 0.05) is 19.6 Å². The Morgan fingerprint density at radius 3 is 2.50 bits per heavy atom. The van der Waals surface area contributed by atoms with Gasteiger partial charge in [-0.15, -0.1) is 0 Å². The second kappa shape index (κ2) is 8.08. The zero-order valence-corrected chi connectivity index (χ0v) is 14.2. The van der Waals surface area contributed by atoms with Crippen molar-refractivity contribution in [1.29, 1.82) is 0 Å². The fourth-order valence-electron chi connectivity index (χ4n) is 3.81. The molecule has 0 aromatic heterocycles. The summed E-state index contributed by atoms with van der Waals surface area (Å²) in [5.74, 6) is 0.558. The van der Waals surface area contributed by atoms with Crippen molar-refractivity contribution in [3.05, 3.63) is 35.6 Å². The summed E-state index contributed by atoms with van der Waals surface area (Å²) < 4.78 is 13.0. The number of piperidine rings is 2. The molecule has 132 valence electrons. The summed E-state index contributed by atoms with van der Waals surface area (Å²) in [6, 6.07) is 6.74. The molecular formula is C19H27FN2O2. The number of hydrogen-bond donors (Lipinski definition) is 1. The van der Waals surface area contributed by atoms with E-state index in [1.807, 2.05) is 17.0 Å². The molecule has 1 unspecified atom stereocenters. The zero-order chi connectivity index (χ0) is 16.9. The van der Waals surface area contributed by atoms with E-state index in [4.69, 9.17) is 0 Å². The van der Waals surface area contributed by atoms with Crippen LogP contribution in [0.15, 0.2) is 24.3 Å². The van der Waals surface area contributed by atoms with Gasteiger partial charge in [0.25, 0.3) is 0 Å². The molecule has 1 N–H and O–H groups in total. The van der Waals surface area contributed by atoms with Gasteiger partial charge in [0.1, 0.15) is 5.82 Å². The van der Waals surface area contributed by atoms with Gasteiger partial charge in [-0.3, -0.25) is 9.69 Å². The normalized spacial score (nSPS) is 23.4. The molecule has 1 atom stereocenters. The van der Waals surface area contributed by atoms with Crippen molar-refractivity contribution in [3.63, 3.8) is 0 Å². The molecule has 0 spiro atoms. The predicted molar refractivity (Wildman–Crippen MR) is 91.1 cm³/mol. The van der Waals surface area contributed by atoms with E-state index in [2.05, 4.69) is 4.90 Å². The van der Waals surface area contributed by atoms with Gasteiger partial charge in [-0.2, -0.15) is 0 Å². The van der Waals surface area contributed by atoms with Crippen molar-refractivity contribution >= 4 is 5.91 Å². The lowest BCUT2D eigenvalue weighted by molar-refractivity contribution is -0.134. The Kier molecular flexibility index (Phi) is 5.85. The minimum atomic E-state index is -0.284. The molecule has 1 aromatic carbocycles. The molecule has 3 rings (SSSR count). The number of nitrogens with zero attached hydrogens (tertiary/aromatic N) is 2. The highest BCUT2D eigenvalue weighted by atomic mass is 19.1. The molecule has 2 aliphatic rings. The smallest absolute Gasteiger partial charge is 0.236 e. The van der Waals surface area contributed by atoms with E-state index in [0.717, 1.165) is 51.7 Å². The monoisotopic (exact) mass is 334 g/mol. The van der Waals surface area contributed by atoms with Gasteiger partial charge in [-0.25, -0.2) is 4.39 Å². The number of hydrogen-bond acceptors (Lipinski definition) is 3. The molecule has 2 fully saturated rings. The van der Waals surface area contributed by atoms with Crippen molar-refractivity contribution in [3.8, 4) is 0 Å². The van der Waals surface area contributed by atoms with Crippen LogP contribution in [0.25, 0.3) is 0 Å². The molecule has 1 aromatic rings. The van der Waals surface area contributed by atoms with Crippen LogP contribution in [-0.4, -0.2) is 59.6 Å². The first-order valence-electron chi connectivity index (χ1n) is 9.03. The molecular weight excluding hydrogens is 307 g/mol. The molecule has 2 aliphatic heterocycles. The van der Waals surface area contributed by atoms with Crippen molar-refractivity contribution in [2.24, 2.45) is 5.92 Å². The van der Waals surface area contributed by atoms with Gasteiger partial charge in [0.2, 0.25) is 5.91 Å². The number of likely N-dealkylation sites (tertiary alicyclic amines) is 2. The molecule has 2 saturated heterocycles. The van der Waals surface area contributed by atoms with E-state index in [1.54, 1.807) is 0 Å². The number of aliphatic hydroxyl groups excluding tert-OH is 1. The fourth-order valence-corrected chi connectivity index (χ4v) is 3.81. The van der Waals surface area contributed by atoms with Gasteiger partial charge in [-0.05, 0) is 62.3 Å². The largest absolute Gasteiger partial charge is 0.392 e. The Morgan fingerprint density at radius 1 is 1.12 bits per heavy atom. The quantitative estimate of drug-likeness (QED) is 0.917. The number of halogens is 1. The van der Waals surface area contributed by atoms with E-state index in [1.165, 1.54) is 17.7 Å². The SMILES string of the molecule is O=C(CN1CCCC(O)C1)N1CCC(Cc2ccc(F)cc2)CC1. The van der Waals surface area contributed by atoms with E-state index in [0.29, 0.717) is 19.0 Å². The number of aliphatic hydroxyl groups is 1. The van der Waals surface area contributed by atoms with Gasteiger partial charge >= 0.3 is 0 Å². The van der Waals surface area contributed by atoms with Crippen molar-refractivity contribution in [2.75, 3.05) is 32.7 Å². The summed E-state index contributed by atoms with van der Waals surface area (Å²) in [6.07, 6.45) is 4.50. The second-order valence-electron chi connectivity index (χ2n) is 7.19. The first-order valence-corrected chi connectivity index (χ1v) is 9.03. The average molecular weight is 334 g/mol. The third kappa shape index (κ3) is 4.77. The van der Waals surface area contributed by atoms with Crippen LogP contribution in [0.2, 0.25) is 0 Å². The Hall–Kier alpha value is -1.46. The number of β-amino-alcohol motifs (C(OH)–C–C–N with tert-alkyl or cyclic N) is 1. The lowest BCUT2D eigenvalue weighted by atomic mass is 9.90. The minimum Gasteiger partial charge on any atom is -0.392 e. The summed E-state index contributed by atoms with van der Waals surface area (Å²) in [6.45, 7) is 3.57. The first-order chi connectivity index (χ1) is 11.6. The summed E-state index contributed by atoms with van der Waals surface area (Å²) >= 11 is 0. The number of rotatable bonds is 4. The molecule has 2 heterocycles. The zero-order valence-electron chi connectivity index (χ0n) is 14.2. The van der Waals surface area contributed by atoms with Gasteiger partial charge in [0.15, 0.2) is 0 Å². The standard InChI is InChI=1S/C19H27FN2O2/c20-17-5-3-15(4-6-17)12-16-7-10-22(11-8-16)19(24)14-21-9-1-2-18(23)13-21/h3-6,16,18,23H,1-2,7-14H2. The topological polar surface area (TPSA) is 43.8 Å². The van der Waals surface area contributed by atoms with Crippen LogP contribution < -0.4 is 0 Å². The van der Waals surface area contributed by atoms with E-state index in [9.17, 15) is 14.3 Å². The molecule has 5 heteroatoms. The van der Waals surface area contributed by atoms with Crippen LogP contribution in [0.3, 0.4) is 0 Å². The minimum absolute atomic E-state index is 0.185. The molecule has 0 saturated carbocycles. The van der Waals surface area contributed by atoms with Crippen LogP contribution in [0, 0.1) is 11.7 Å². The molecule has 24 heavy (non-hydrogen) atoms. The molecule has 0 bridgehead atoms. The van der Waals surface area contributed by atoms with E-state index >= 15 is 0 Å². The highest BCUT2D eigenvalue weighted by molar-refractivity contribution is 5.78. The van der Waals surface area contributed by atoms with Crippen molar-refractivity contribution in [2.45, 2.75) is 38.2 Å². The third-order valence-electron chi connectivity index (χ3n) is 5.24. The summed E-state index contributed by atoms with van der Waals surface area (Å²) in [5, 5.41) is 9.70. The van der Waals surface area contributed by atoms with E-state index in [-0.39, 0.29) is 17.8 Å². The Morgan fingerprint density at radius 2 is 1.83 bits per heavy atom. The van der Waals surface area contributed by atoms with Gasteiger partial charge in [0.05, 0.1) is 12.6 Å². The second-order valence-corrected chi connectivity index (χ2v) is 7.19. The average Bonchev–Trinajstić information content (AvgIpc) is 2.57. The Labute approximate surface area is 143 Å². The van der Waals surface area contributed by atoms with Crippen LogP contribution in [0.1, 0.15) is 31.2 Å². The maximum atomic E-state index is 13.0. The van der Waals surface area contributed by atoms with Crippen LogP contribution in [0.5, 0.6) is 0 Å². The number of benzene rings is 1. The fraction of sp³-hybridized carbons (Fsp3) is 0.632. The lowest BCUT2D eigenvalue weighted by Gasteiger charge is -2.35. The summed E-state index contributed by atoms with van der Waals surface area (Å²) in [4.78, 5) is 16.5. The predicted octanol–water partition coefficient (Wildman–Crippen LogP) is 2.06. The molecule has 4 nitrogen and oxygen atoms in total. The Bertz CT molecular complexity index is 541. The van der Waals surface area contributed by atoms with Crippen LogP contribution >= 0.6 is 0 Å². The Balaban J connectivity index is 1.42. The number of carbonyl (C=O) groups excluding carboxylic acids is 1. The van der Waals surface area contributed by atoms with E-state index < -0.39 is 0 Å². The molecule has 0 aliphatic carbocycles. The highest BCUT2D eigenvalue weighted by Crippen LogP contribution is 2.22. The van der Waals surface area contributed by atoms with Gasteiger partial charge in [-0.1, -0.05) is 12.1 Å². The van der Waals surface area contributed by atoms with Crippen LogP contribution in [-0.2, 0) is 11.2 Å². The third-order valence-corrected chi connectivity index (χ3v) is 5.24. The molecule has 1 amide bonds. The lowest BCUT2D eigenvalue weighted by Crippen LogP contribution is -2.47. The van der Waals surface area contributed by atoms with Crippen molar-refractivity contribution in [1.82, 2.24) is 9.80 Å². The van der Waals surface area contributed by atoms with Crippen LogP contribution in [0.4, 0.5) is 4.39 Å². The highest BCUT2D eigenvalue weighted by Gasteiger charge is 2.26. The first kappa shape index (κ1) is 17.4. The number of carbonyl (C=O) groups is 1. The maximum absolute atomic E-state index is 13.0. The van der Waals surface area contributed by atoms with Crippen molar-refractivity contribution < 1.29 is 14.3 Å². The molecule has 0 radical (unpaired) electrons. The van der Waals surface area contributed by atoms with Gasteiger partial charge < -0.3 is 10.0 Å². The summed E-state index contributed by atoms with van der Waals surface area (Å²) in [7, 11) is 0. The maximum Gasteiger partial charge on any atom is 0.236 e. The summed E-state index contributed by atoms with van der Waals surface area (Å²) in [5.41, 5.74) is 1.17. The number of amides is 1.